The summed E-state index contributed by atoms with van der Waals surface area (Å²) < 4.78 is 0. The molecule has 0 aliphatic rings. The van der Waals surface area contributed by atoms with Crippen molar-refractivity contribution in [2.24, 2.45) is 0 Å². The number of carbonyl (C=O) groups excluding carboxylic acids is 1. The predicted molar refractivity (Wildman–Crippen MR) is 78.9 cm³/mol. The van der Waals surface area contributed by atoms with E-state index < -0.39 is 0 Å². The summed E-state index contributed by atoms with van der Waals surface area (Å²) in [6.45, 7) is 0.0218. The van der Waals surface area contributed by atoms with E-state index in [4.69, 9.17) is 5.11 Å². The zero-order chi connectivity index (χ0) is 15.1. The van der Waals surface area contributed by atoms with Crippen molar-refractivity contribution in [2.45, 2.75) is 6.42 Å². The molecule has 0 bridgehead atoms. The van der Waals surface area contributed by atoms with Crippen LogP contribution in [0, 0.1) is 11.8 Å². The summed E-state index contributed by atoms with van der Waals surface area (Å²) in [6, 6.07) is 8.41. The minimum Gasteiger partial charge on any atom is -0.506 e. The van der Waals surface area contributed by atoms with Crippen LogP contribution in [0.1, 0.15) is 22.3 Å². The fraction of sp³-hybridized carbons (Fsp3) is 0.125. The standard InChI is InChI=1S/C16H14N2O3/c19-7-2-1-4-12-5-3-6-14(8-12)18-16(21)13-9-15(20)11-17-10-13/h3,5-6,8-11,19-20H,2,7H2,(H,18,21). The van der Waals surface area contributed by atoms with Gasteiger partial charge in [0, 0.05) is 23.9 Å². The molecule has 5 heteroatoms. The maximum absolute atomic E-state index is 12.0. The molecule has 3 N–H and O–H groups in total. The highest BCUT2D eigenvalue weighted by Gasteiger charge is 2.07. The Labute approximate surface area is 122 Å². The van der Waals surface area contributed by atoms with E-state index in [1.807, 2.05) is 6.07 Å². The second kappa shape index (κ2) is 7.08. The molecule has 0 saturated carbocycles. The quantitative estimate of drug-likeness (QED) is 0.749. The summed E-state index contributed by atoms with van der Waals surface area (Å²) >= 11 is 0. The first-order valence-electron chi connectivity index (χ1n) is 6.34. The predicted octanol–water partition coefficient (Wildman–Crippen LogP) is 1.77. The third-order valence-corrected chi connectivity index (χ3v) is 2.58. The molecule has 2 rings (SSSR count). The number of aromatic nitrogens is 1. The molecule has 0 unspecified atom stereocenters. The third-order valence-electron chi connectivity index (χ3n) is 2.58. The second-order valence-corrected chi connectivity index (χ2v) is 4.24. The molecular formula is C16H14N2O3. The molecule has 0 radical (unpaired) electrons. The lowest BCUT2D eigenvalue weighted by Gasteiger charge is -2.05. The van der Waals surface area contributed by atoms with Gasteiger partial charge in [-0.3, -0.25) is 9.78 Å². The molecule has 106 valence electrons. The van der Waals surface area contributed by atoms with Crippen LogP contribution in [0.3, 0.4) is 0 Å². The zero-order valence-electron chi connectivity index (χ0n) is 11.2. The Kier molecular flexibility index (Phi) is 4.91. The van der Waals surface area contributed by atoms with Gasteiger partial charge in [-0.25, -0.2) is 0 Å². The van der Waals surface area contributed by atoms with Crippen LogP contribution in [0.5, 0.6) is 5.75 Å². The number of aromatic hydroxyl groups is 1. The normalized spacial score (nSPS) is 9.57. The van der Waals surface area contributed by atoms with E-state index in [1.54, 1.807) is 18.2 Å². The SMILES string of the molecule is O=C(Nc1cccc(C#CCCO)c1)c1cncc(O)c1. The smallest absolute Gasteiger partial charge is 0.257 e. The van der Waals surface area contributed by atoms with Gasteiger partial charge in [-0.05, 0) is 24.3 Å². The van der Waals surface area contributed by atoms with E-state index in [2.05, 4.69) is 22.1 Å². The van der Waals surface area contributed by atoms with Gasteiger partial charge in [0.05, 0.1) is 18.4 Å². The molecular weight excluding hydrogens is 268 g/mol. The summed E-state index contributed by atoms with van der Waals surface area (Å²) in [6.07, 6.45) is 3.04. The van der Waals surface area contributed by atoms with E-state index in [9.17, 15) is 9.90 Å². The maximum Gasteiger partial charge on any atom is 0.257 e. The van der Waals surface area contributed by atoms with Crippen LogP contribution < -0.4 is 5.32 Å². The number of nitrogens with zero attached hydrogens (tertiary/aromatic N) is 1. The number of aliphatic hydroxyl groups is 1. The monoisotopic (exact) mass is 282 g/mol. The summed E-state index contributed by atoms with van der Waals surface area (Å²) in [4.78, 5) is 15.8. The number of hydrogen-bond donors (Lipinski definition) is 3. The Bertz CT molecular complexity index is 702. The molecule has 0 saturated heterocycles. The van der Waals surface area contributed by atoms with Gasteiger partial charge in [0.1, 0.15) is 5.75 Å². The van der Waals surface area contributed by atoms with Crippen LogP contribution in [-0.2, 0) is 0 Å². The number of anilines is 1. The van der Waals surface area contributed by atoms with Crippen LogP contribution >= 0.6 is 0 Å². The first-order chi connectivity index (χ1) is 10.2. The van der Waals surface area contributed by atoms with E-state index in [1.165, 1.54) is 18.5 Å². The van der Waals surface area contributed by atoms with Crippen molar-refractivity contribution in [2.75, 3.05) is 11.9 Å². The average molecular weight is 282 g/mol. The molecule has 5 nitrogen and oxygen atoms in total. The fourth-order valence-electron chi connectivity index (χ4n) is 1.65. The van der Waals surface area contributed by atoms with Gasteiger partial charge in [0.25, 0.3) is 5.91 Å². The Morgan fingerprint density at radius 3 is 2.90 bits per heavy atom. The molecule has 0 spiro atoms. The van der Waals surface area contributed by atoms with Crippen molar-refractivity contribution in [3.63, 3.8) is 0 Å². The first-order valence-corrected chi connectivity index (χ1v) is 6.34. The highest BCUT2D eigenvalue weighted by Crippen LogP contribution is 2.13. The number of benzene rings is 1. The number of carbonyl (C=O) groups is 1. The van der Waals surface area contributed by atoms with Gasteiger partial charge in [-0.15, -0.1) is 0 Å². The largest absolute Gasteiger partial charge is 0.506 e. The van der Waals surface area contributed by atoms with E-state index in [0.29, 0.717) is 12.1 Å². The fourth-order valence-corrected chi connectivity index (χ4v) is 1.65. The molecule has 1 amide bonds. The van der Waals surface area contributed by atoms with Gasteiger partial charge in [0.15, 0.2) is 0 Å². The summed E-state index contributed by atoms with van der Waals surface area (Å²) in [5, 5.41) is 20.7. The van der Waals surface area contributed by atoms with Crippen molar-refractivity contribution < 1.29 is 15.0 Å². The topological polar surface area (TPSA) is 82.5 Å². The van der Waals surface area contributed by atoms with Crippen LogP contribution in [0.4, 0.5) is 5.69 Å². The molecule has 0 aliphatic carbocycles. The maximum atomic E-state index is 12.0. The molecule has 0 fully saturated rings. The summed E-state index contributed by atoms with van der Waals surface area (Å²) in [5.41, 5.74) is 1.61. The van der Waals surface area contributed by atoms with Crippen molar-refractivity contribution >= 4 is 11.6 Å². The Hall–Kier alpha value is -2.84. The van der Waals surface area contributed by atoms with Gasteiger partial charge in [-0.2, -0.15) is 0 Å². The third kappa shape index (κ3) is 4.34. The van der Waals surface area contributed by atoms with Crippen LogP contribution in [0.25, 0.3) is 0 Å². The number of nitrogens with one attached hydrogen (secondary N) is 1. The average Bonchev–Trinajstić information content (AvgIpc) is 2.48. The summed E-state index contributed by atoms with van der Waals surface area (Å²) in [7, 11) is 0. The number of pyridine rings is 1. The van der Waals surface area contributed by atoms with E-state index in [0.717, 1.165) is 5.56 Å². The zero-order valence-corrected chi connectivity index (χ0v) is 11.2. The Balaban J connectivity index is 2.11. The highest BCUT2D eigenvalue weighted by molar-refractivity contribution is 6.04. The van der Waals surface area contributed by atoms with Crippen LogP contribution in [0.2, 0.25) is 0 Å². The lowest BCUT2D eigenvalue weighted by atomic mass is 10.2. The van der Waals surface area contributed by atoms with Gasteiger partial charge < -0.3 is 15.5 Å². The van der Waals surface area contributed by atoms with Gasteiger partial charge in [0.2, 0.25) is 0 Å². The molecule has 21 heavy (non-hydrogen) atoms. The Morgan fingerprint density at radius 1 is 1.29 bits per heavy atom. The molecule has 2 aromatic rings. The van der Waals surface area contributed by atoms with Crippen LogP contribution in [-0.4, -0.2) is 27.7 Å². The van der Waals surface area contributed by atoms with Gasteiger partial charge in [-0.1, -0.05) is 17.9 Å². The molecule has 0 atom stereocenters. The molecule has 1 aromatic heterocycles. The minimum atomic E-state index is -0.362. The molecule has 0 aliphatic heterocycles. The van der Waals surface area contributed by atoms with Crippen molar-refractivity contribution in [1.82, 2.24) is 4.98 Å². The minimum absolute atomic E-state index is 0.0218. The van der Waals surface area contributed by atoms with Crippen LogP contribution in [0.15, 0.2) is 42.7 Å². The first kappa shape index (κ1) is 14.6. The van der Waals surface area contributed by atoms with Gasteiger partial charge >= 0.3 is 0 Å². The van der Waals surface area contributed by atoms with Crippen molar-refractivity contribution in [3.8, 4) is 17.6 Å². The van der Waals surface area contributed by atoms with E-state index in [-0.39, 0.29) is 23.8 Å². The lowest BCUT2D eigenvalue weighted by molar-refractivity contribution is 0.102. The summed E-state index contributed by atoms with van der Waals surface area (Å²) in [5.74, 6) is 5.28. The molecule has 1 aromatic carbocycles. The number of hydrogen-bond acceptors (Lipinski definition) is 4. The number of rotatable bonds is 3. The lowest BCUT2D eigenvalue weighted by Crippen LogP contribution is -2.12. The number of aliphatic hydroxyl groups excluding tert-OH is 1. The highest BCUT2D eigenvalue weighted by atomic mass is 16.3. The second-order valence-electron chi connectivity index (χ2n) is 4.24. The number of amides is 1. The van der Waals surface area contributed by atoms with Crippen molar-refractivity contribution in [3.05, 3.63) is 53.9 Å². The van der Waals surface area contributed by atoms with Crippen molar-refractivity contribution in [1.29, 1.82) is 0 Å². The van der Waals surface area contributed by atoms with E-state index >= 15 is 0 Å². The Morgan fingerprint density at radius 2 is 2.14 bits per heavy atom. The molecule has 1 heterocycles.